The minimum atomic E-state index is -0.975. The maximum absolute atomic E-state index is 13.0. The van der Waals surface area contributed by atoms with Crippen molar-refractivity contribution in [1.29, 1.82) is 0 Å². The molecule has 0 heterocycles. The lowest BCUT2D eigenvalue weighted by molar-refractivity contribution is -0.149. The van der Waals surface area contributed by atoms with Gasteiger partial charge >= 0.3 is 12.1 Å². The number of amides is 1. The Labute approximate surface area is 213 Å². The molecule has 196 valence electrons. The van der Waals surface area contributed by atoms with Gasteiger partial charge in [0, 0.05) is 19.6 Å². The molecule has 1 aliphatic carbocycles. The predicted octanol–water partition coefficient (Wildman–Crippen LogP) is 5.19. The lowest BCUT2D eigenvalue weighted by atomic mass is 9.89. The third-order valence-corrected chi connectivity index (χ3v) is 6.34. The number of benzene rings is 2. The normalized spacial score (nSPS) is 14.6. The topological polar surface area (TPSA) is 94.5 Å². The van der Waals surface area contributed by atoms with E-state index in [1.165, 1.54) is 19.3 Å². The molecule has 1 saturated carbocycles. The van der Waals surface area contributed by atoms with Crippen LogP contribution in [0.15, 0.2) is 48.5 Å². The zero-order valence-electron chi connectivity index (χ0n) is 21.2. The second kappa shape index (κ2) is 14.3. The monoisotopic (exact) mass is 499 g/mol. The zero-order chi connectivity index (χ0) is 25.8. The summed E-state index contributed by atoms with van der Waals surface area (Å²) in [6, 6.07) is 14.2. The number of aliphatic carboxylic acids is 1. The van der Waals surface area contributed by atoms with Crippen LogP contribution in [0.2, 0.25) is 0 Å². The van der Waals surface area contributed by atoms with Crippen molar-refractivity contribution in [2.75, 3.05) is 33.4 Å². The number of nitrogens with zero attached hydrogens (tertiary/aromatic N) is 1. The third kappa shape index (κ3) is 8.75. The molecule has 0 bridgehead atoms. The van der Waals surface area contributed by atoms with Crippen LogP contribution in [-0.2, 0) is 16.0 Å². The molecule has 0 aromatic heterocycles. The van der Waals surface area contributed by atoms with Gasteiger partial charge in [0.05, 0.1) is 13.7 Å². The molecule has 0 aliphatic heterocycles. The van der Waals surface area contributed by atoms with Gasteiger partial charge in [0.1, 0.15) is 23.9 Å². The van der Waals surface area contributed by atoms with Crippen LogP contribution in [-0.4, -0.2) is 61.6 Å². The minimum Gasteiger partial charge on any atom is -0.497 e. The van der Waals surface area contributed by atoms with Gasteiger partial charge < -0.3 is 29.0 Å². The average Bonchev–Trinajstić information content (AvgIpc) is 2.89. The Bertz CT molecular complexity index is 939. The van der Waals surface area contributed by atoms with E-state index in [4.69, 9.17) is 18.9 Å². The molecule has 8 nitrogen and oxygen atoms in total. The van der Waals surface area contributed by atoms with Crippen molar-refractivity contribution in [3.63, 3.8) is 0 Å². The maximum atomic E-state index is 13.0. The largest absolute Gasteiger partial charge is 0.497 e. The number of carbonyl (C=O) groups excluding carboxylic acids is 1. The van der Waals surface area contributed by atoms with Gasteiger partial charge in [-0.2, -0.15) is 0 Å². The molecule has 1 atom stereocenters. The average molecular weight is 500 g/mol. The summed E-state index contributed by atoms with van der Waals surface area (Å²) in [5, 5.41) is 9.27. The number of hydrogen-bond donors (Lipinski definition) is 1. The summed E-state index contributed by atoms with van der Waals surface area (Å²) >= 11 is 0. The second-order valence-electron chi connectivity index (χ2n) is 8.97. The van der Waals surface area contributed by atoms with Crippen LogP contribution in [0, 0.1) is 5.92 Å². The van der Waals surface area contributed by atoms with Crippen LogP contribution in [0.4, 0.5) is 4.79 Å². The quantitative estimate of drug-likeness (QED) is 0.405. The number of carboxylic acid groups (broad SMARTS) is 1. The lowest BCUT2D eigenvalue weighted by Gasteiger charge is -2.29. The highest BCUT2D eigenvalue weighted by Gasteiger charge is 2.23. The molecular weight excluding hydrogens is 462 g/mol. The van der Waals surface area contributed by atoms with E-state index in [2.05, 4.69) is 0 Å². The molecule has 3 rings (SSSR count). The first-order valence-electron chi connectivity index (χ1n) is 12.7. The first kappa shape index (κ1) is 27.3. The second-order valence-corrected chi connectivity index (χ2v) is 8.97. The van der Waals surface area contributed by atoms with Gasteiger partial charge in [-0.1, -0.05) is 31.4 Å². The molecule has 1 amide bonds. The highest BCUT2D eigenvalue weighted by Crippen LogP contribution is 2.25. The summed E-state index contributed by atoms with van der Waals surface area (Å²) in [4.78, 5) is 26.0. The van der Waals surface area contributed by atoms with Crippen LogP contribution in [0.1, 0.15) is 44.6 Å². The van der Waals surface area contributed by atoms with Gasteiger partial charge in [-0.05, 0) is 67.6 Å². The van der Waals surface area contributed by atoms with E-state index in [9.17, 15) is 14.7 Å². The van der Waals surface area contributed by atoms with Crippen LogP contribution in [0.5, 0.6) is 17.2 Å². The summed E-state index contributed by atoms with van der Waals surface area (Å²) in [5.74, 6) is 1.32. The fraction of sp³-hybridized carbons (Fsp3) is 0.500. The molecule has 1 N–H and O–H groups in total. The predicted molar refractivity (Wildman–Crippen MR) is 136 cm³/mol. The van der Waals surface area contributed by atoms with E-state index in [0.717, 1.165) is 18.4 Å². The highest BCUT2D eigenvalue weighted by atomic mass is 16.6. The summed E-state index contributed by atoms with van der Waals surface area (Å²) in [6.45, 7) is 3.48. The van der Waals surface area contributed by atoms with Gasteiger partial charge in [-0.3, -0.25) is 0 Å². The number of methoxy groups -OCH3 is 1. The smallest absolute Gasteiger partial charge is 0.415 e. The van der Waals surface area contributed by atoms with E-state index >= 15 is 0 Å². The Morgan fingerprint density at radius 3 is 2.22 bits per heavy atom. The molecule has 0 spiro atoms. The summed E-state index contributed by atoms with van der Waals surface area (Å²) in [6.07, 6.45) is 4.91. The number of carbonyl (C=O) groups is 2. The third-order valence-electron chi connectivity index (χ3n) is 6.34. The SMILES string of the molecule is CCOC(Cc1ccc(OCCN(CC2CCCCC2)C(=O)Oc2ccc(OC)cc2)cc1)C(=O)O. The van der Waals surface area contributed by atoms with Gasteiger partial charge in [0.25, 0.3) is 0 Å². The van der Waals surface area contributed by atoms with E-state index in [1.807, 2.05) is 12.1 Å². The summed E-state index contributed by atoms with van der Waals surface area (Å²) < 4.78 is 22.0. The first-order chi connectivity index (χ1) is 17.5. The maximum Gasteiger partial charge on any atom is 0.415 e. The molecule has 0 radical (unpaired) electrons. The van der Waals surface area contributed by atoms with Crippen molar-refractivity contribution in [3.8, 4) is 17.2 Å². The Balaban J connectivity index is 1.55. The van der Waals surface area contributed by atoms with Gasteiger partial charge in [0.2, 0.25) is 0 Å². The van der Waals surface area contributed by atoms with Crippen molar-refractivity contribution < 1.29 is 33.6 Å². The van der Waals surface area contributed by atoms with E-state index < -0.39 is 12.1 Å². The first-order valence-corrected chi connectivity index (χ1v) is 12.7. The molecule has 1 unspecified atom stereocenters. The van der Waals surface area contributed by atoms with Crippen molar-refractivity contribution >= 4 is 12.1 Å². The molecule has 0 saturated heterocycles. The number of hydrogen-bond acceptors (Lipinski definition) is 6. The molecule has 36 heavy (non-hydrogen) atoms. The fourth-order valence-corrected chi connectivity index (χ4v) is 4.38. The summed E-state index contributed by atoms with van der Waals surface area (Å²) in [5.41, 5.74) is 0.852. The number of ether oxygens (including phenoxy) is 4. The minimum absolute atomic E-state index is 0.288. The molecule has 2 aromatic carbocycles. The summed E-state index contributed by atoms with van der Waals surface area (Å²) in [7, 11) is 1.59. The molecule has 2 aromatic rings. The van der Waals surface area contributed by atoms with Crippen molar-refractivity contribution in [2.24, 2.45) is 5.92 Å². The number of rotatable bonds is 13. The highest BCUT2D eigenvalue weighted by molar-refractivity contribution is 5.72. The Morgan fingerprint density at radius 1 is 0.972 bits per heavy atom. The van der Waals surface area contributed by atoms with Crippen LogP contribution in [0.3, 0.4) is 0 Å². The lowest BCUT2D eigenvalue weighted by Crippen LogP contribution is -2.40. The Hall–Kier alpha value is -3.26. The van der Waals surface area contributed by atoms with Gasteiger partial charge in [-0.25, -0.2) is 9.59 Å². The van der Waals surface area contributed by atoms with E-state index in [-0.39, 0.29) is 12.5 Å². The van der Waals surface area contributed by atoms with E-state index in [0.29, 0.717) is 49.5 Å². The van der Waals surface area contributed by atoms with Gasteiger partial charge in [-0.15, -0.1) is 0 Å². The standard InChI is InChI=1S/C28H37NO7/c1-3-34-26(27(30)31)19-21-9-11-24(12-10-21)35-18-17-29(20-22-7-5-4-6-8-22)28(32)36-25-15-13-23(33-2)14-16-25/h9-16,22,26H,3-8,17-20H2,1-2H3,(H,30,31). The Morgan fingerprint density at radius 2 is 1.61 bits per heavy atom. The molecule has 1 aliphatic rings. The Kier molecular flexibility index (Phi) is 10.9. The van der Waals surface area contributed by atoms with E-state index in [1.54, 1.807) is 55.3 Å². The molecule has 8 heteroatoms. The van der Waals surface area contributed by atoms with Crippen LogP contribution < -0.4 is 14.2 Å². The van der Waals surface area contributed by atoms with Crippen molar-refractivity contribution in [3.05, 3.63) is 54.1 Å². The van der Waals surface area contributed by atoms with Crippen LogP contribution >= 0.6 is 0 Å². The van der Waals surface area contributed by atoms with Crippen LogP contribution in [0.25, 0.3) is 0 Å². The molecule has 1 fully saturated rings. The van der Waals surface area contributed by atoms with Crippen molar-refractivity contribution in [1.82, 2.24) is 4.90 Å². The molecular formula is C28H37NO7. The van der Waals surface area contributed by atoms with Gasteiger partial charge in [0.15, 0.2) is 6.10 Å². The zero-order valence-corrected chi connectivity index (χ0v) is 21.2. The fourth-order valence-electron chi connectivity index (χ4n) is 4.38. The number of carboxylic acids is 1. The van der Waals surface area contributed by atoms with Crippen molar-refractivity contribution in [2.45, 2.75) is 51.6 Å².